The smallest absolute Gasteiger partial charge is 0.332 e. The number of amides is 1. The second-order valence-electron chi connectivity index (χ2n) is 11.5. The highest BCUT2D eigenvalue weighted by Crippen LogP contribution is 2.36. The van der Waals surface area contributed by atoms with E-state index < -0.39 is 17.6 Å². The number of aryl methyl sites for hydroxylation is 1. The van der Waals surface area contributed by atoms with Crippen molar-refractivity contribution in [3.8, 4) is 17.1 Å². The van der Waals surface area contributed by atoms with Gasteiger partial charge in [-0.25, -0.2) is 4.52 Å². The molecule has 0 saturated carbocycles. The zero-order chi connectivity index (χ0) is 33.0. The standard InChI is InChI=1S/C34H27BrF3N7O2/c1-20-40-41-30(42(20)2)22-8-11-25(12-9-22)44-31-24(16-21-6-4-3-5-7-21)18-39-45(31)29-19-43(15-14-26(29)33(44)47)32(46)23-10-13-28(35)27(17-23)34(36,37)38/h3-13,17-18H,14-16,19H2,1-2H3. The highest BCUT2D eigenvalue weighted by molar-refractivity contribution is 9.10. The van der Waals surface area contributed by atoms with Crippen LogP contribution in [0.2, 0.25) is 0 Å². The van der Waals surface area contributed by atoms with Gasteiger partial charge in [-0.1, -0.05) is 46.3 Å². The molecule has 0 spiro atoms. The third-order valence-corrected chi connectivity index (χ3v) is 9.28. The fraction of sp³-hybridized carbons (Fsp3) is 0.206. The monoisotopic (exact) mass is 701 g/mol. The van der Waals surface area contributed by atoms with E-state index in [1.165, 1.54) is 17.0 Å². The van der Waals surface area contributed by atoms with Crippen molar-refractivity contribution in [2.24, 2.45) is 7.05 Å². The van der Waals surface area contributed by atoms with Gasteiger partial charge in [0, 0.05) is 46.7 Å². The van der Waals surface area contributed by atoms with Crippen molar-refractivity contribution in [2.75, 3.05) is 6.54 Å². The Hall–Kier alpha value is -5.04. The molecule has 238 valence electrons. The van der Waals surface area contributed by atoms with Gasteiger partial charge in [0.25, 0.3) is 11.5 Å². The van der Waals surface area contributed by atoms with Crippen molar-refractivity contribution in [2.45, 2.75) is 32.5 Å². The SMILES string of the molecule is Cc1nnc(-c2ccc(-n3c(=O)c4c(n5ncc(Cc6ccccc6)c35)CN(C(=O)c3ccc(Br)c(C(F)(F)F)c3)CC4)cc2)n1C. The van der Waals surface area contributed by atoms with E-state index in [2.05, 4.69) is 26.1 Å². The average Bonchev–Trinajstić information content (AvgIpc) is 3.63. The summed E-state index contributed by atoms with van der Waals surface area (Å²) in [5, 5.41) is 13.1. The molecule has 0 saturated heterocycles. The molecule has 1 aliphatic rings. The molecule has 0 atom stereocenters. The van der Waals surface area contributed by atoms with Crippen LogP contribution < -0.4 is 5.56 Å². The molecule has 3 aromatic carbocycles. The Balaban J connectivity index is 1.33. The summed E-state index contributed by atoms with van der Waals surface area (Å²) in [7, 11) is 1.89. The molecule has 3 aromatic heterocycles. The van der Waals surface area contributed by atoms with Crippen LogP contribution in [0.5, 0.6) is 0 Å². The Labute approximate surface area is 275 Å². The number of carbonyl (C=O) groups is 1. The fourth-order valence-electron chi connectivity index (χ4n) is 6.04. The third kappa shape index (κ3) is 5.43. The highest BCUT2D eigenvalue weighted by atomic mass is 79.9. The van der Waals surface area contributed by atoms with Gasteiger partial charge in [-0.2, -0.15) is 18.3 Å². The predicted octanol–water partition coefficient (Wildman–Crippen LogP) is 6.16. The number of fused-ring (bicyclic) bond motifs is 3. The van der Waals surface area contributed by atoms with Gasteiger partial charge >= 0.3 is 6.18 Å². The topological polar surface area (TPSA) is 90.3 Å². The molecular weight excluding hydrogens is 675 g/mol. The summed E-state index contributed by atoms with van der Waals surface area (Å²) in [5.41, 5.74) is 3.63. The molecule has 0 bridgehead atoms. The summed E-state index contributed by atoms with van der Waals surface area (Å²) in [4.78, 5) is 29.4. The molecule has 0 N–H and O–H groups in total. The Bertz CT molecular complexity index is 2220. The first kappa shape index (κ1) is 30.6. The summed E-state index contributed by atoms with van der Waals surface area (Å²) in [6, 6.07) is 20.8. The van der Waals surface area contributed by atoms with Crippen molar-refractivity contribution in [3.63, 3.8) is 0 Å². The Morgan fingerprint density at radius 1 is 1.00 bits per heavy atom. The second-order valence-corrected chi connectivity index (χ2v) is 12.3. The van der Waals surface area contributed by atoms with Crippen LogP contribution in [0.1, 0.15) is 44.1 Å². The number of benzene rings is 3. The lowest BCUT2D eigenvalue weighted by molar-refractivity contribution is -0.138. The number of rotatable bonds is 5. The van der Waals surface area contributed by atoms with Crippen LogP contribution in [-0.2, 0) is 32.6 Å². The molecule has 6 aromatic rings. The minimum Gasteiger partial charge on any atom is -0.332 e. The summed E-state index contributed by atoms with van der Waals surface area (Å²) < 4.78 is 45.9. The van der Waals surface area contributed by atoms with Crippen LogP contribution in [0, 0.1) is 6.92 Å². The van der Waals surface area contributed by atoms with Gasteiger partial charge < -0.3 is 9.47 Å². The van der Waals surface area contributed by atoms with Crippen molar-refractivity contribution in [1.29, 1.82) is 0 Å². The molecule has 7 rings (SSSR count). The number of hydrogen-bond donors (Lipinski definition) is 0. The third-order valence-electron chi connectivity index (χ3n) is 8.59. The number of nitrogens with zero attached hydrogens (tertiary/aromatic N) is 7. The van der Waals surface area contributed by atoms with Crippen molar-refractivity contribution in [3.05, 3.63) is 133 Å². The van der Waals surface area contributed by atoms with E-state index in [-0.39, 0.29) is 35.1 Å². The number of hydrogen-bond acceptors (Lipinski definition) is 5. The van der Waals surface area contributed by atoms with Gasteiger partial charge in [-0.15, -0.1) is 10.2 Å². The molecule has 1 aliphatic heterocycles. The summed E-state index contributed by atoms with van der Waals surface area (Å²) >= 11 is 2.94. The summed E-state index contributed by atoms with van der Waals surface area (Å²) in [5.74, 6) is 0.913. The van der Waals surface area contributed by atoms with E-state index in [4.69, 9.17) is 5.10 Å². The average molecular weight is 703 g/mol. The Morgan fingerprint density at radius 3 is 2.43 bits per heavy atom. The second kappa shape index (κ2) is 11.6. The predicted molar refractivity (Wildman–Crippen MR) is 172 cm³/mol. The maximum absolute atomic E-state index is 14.3. The van der Waals surface area contributed by atoms with Crippen LogP contribution in [-0.4, -0.2) is 46.3 Å². The van der Waals surface area contributed by atoms with Gasteiger partial charge in [0.05, 0.1) is 29.7 Å². The van der Waals surface area contributed by atoms with E-state index in [0.717, 1.165) is 28.6 Å². The minimum atomic E-state index is -4.63. The number of halogens is 4. The van der Waals surface area contributed by atoms with Crippen molar-refractivity contribution >= 4 is 27.5 Å². The molecule has 0 fully saturated rings. The molecule has 9 nitrogen and oxygen atoms in total. The summed E-state index contributed by atoms with van der Waals surface area (Å²) in [6.45, 7) is 2.04. The van der Waals surface area contributed by atoms with Crippen molar-refractivity contribution in [1.82, 2.24) is 33.8 Å². The van der Waals surface area contributed by atoms with Gasteiger partial charge in [0.1, 0.15) is 11.5 Å². The zero-order valence-electron chi connectivity index (χ0n) is 25.3. The number of alkyl halides is 3. The van der Waals surface area contributed by atoms with E-state index in [9.17, 15) is 22.8 Å². The lowest BCUT2D eigenvalue weighted by Crippen LogP contribution is -2.41. The lowest BCUT2D eigenvalue weighted by Gasteiger charge is -2.30. The van der Waals surface area contributed by atoms with Crippen LogP contribution in [0.25, 0.3) is 22.7 Å². The molecule has 13 heteroatoms. The first-order valence-electron chi connectivity index (χ1n) is 14.8. The lowest BCUT2D eigenvalue weighted by atomic mass is 10.0. The molecule has 0 unspecified atom stereocenters. The largest absolute Gasteiger partial charge is 0.417 e. The van der Waals surface area contributed by atoms with E-state index in [1.54, 1.807) is 15.3 Å². The highest BCUT2D eigenvalue weighted by Gasteiger charge is 2.35. The number of aromatic nitrogens is 6. The molecule has 0 radical (unpaired) electrons. The maximum atomic E-state index is 14.3. The Kier molecular flexibility index (Phi) is 7.58. The maximum Gasteiger partial charge on any atom is 0.417 e. The van der Waals surface area contributed by atoms with Crippen molar-refractivity contribution < 1.29 is 18.0 Å². The van der Waals surface area contributed by atoms with Gasteiger partial charge in [-0.3, -0.25) is 14.2 Å². The van der Waals surface area contributed by atoms with Crippen LogP contribution in [0.3, 0.4) is 0 Å². The molecule has 1 amide bonds. The Morgan fingerprint density at radius 2 is 1.74 bits per heavy atom. The van der Waals surface area contributed by atoms with E-state index in [1.807, 2.05) is 73.1 Å². The first-order chi connectivity index (χ1) is 22.5. The van der Waals surface area contributed by atoms with Gasteiger partial charge in [-0.05, 0) is 61.4 Å². The number of carbonyl (C=O) groups excluding carboxylic acids is 1. The normalized spacial score (nSPS) is 13.3. The molecule has 4 heterocycles. The first-order valence-corrected chi connectivity index (χ1v) is 15.6. The van der Waals surface area contributed by atoms with Gasteiger partial charge in [0.15, 0.2) is 5.82 Å². The molecule has 0 aliphatic carbocycles. The van der Waals surface area contributed by atoms with Gasteiger partial charge in [0.2, 0.25) is 0 Å². The fourth-order valence-corrected chi connectivity index (χ4v) is 6.52. The minimum absolute atomic E-state index is 0.00899. The van der Waals surface area contributed by atoms with Crippen LogP contribution in [0.4, 0.5) is 13.2 Å². The van der Waals surface area contributed by atoms with Crippen LogP contribution in [0.15, 0.2) is 88.3 Å². The summed E-state index contributed by atoms with van der Waals surface area (Å²) in [6.07, 6.45) is -2.19. The zero-order valence-corrected chi connectivity index (χ0v) is 26.9. The molecular formula is C34H27BrF3N7O2. The van der Waals surface area contributed by atoms with E-state index in [0.29, 0.717) is 34.8 Å². The quantitative estimate of drug-likeness (QED) is 0.215. The van der Waals surface area contributed by atoms with E-state index >= 15 is 0 Å². The van der Waals surface area contributed by atoms with Crippen LogP contribution >= 0.6 is 15.9 Å². The molecule has 47 heavy (non-hydrogen) atoms.